The number of carbonyl (C=O) groups excluding carboxylic acids is 1. The summed E-state index contributed by atoms with van der Waals surface area (Å²) in [6, 6.07) is 12.3. The lowest BCUT2D eigenvalue weighted by Gasteiger charge is -2.02. The Kier molecular flexibility index (Phi) is 3.47. The fourth-order valence-corrected chi connectivity index (χ4v) is 3.32. The average Bonchev–Trinajstić information content (AvgIpc) is 2.84. The summed E-state index contributed by atoms with van der Waals surface area (Å²) in [6.45, 7) is 3.67. The molecule has 0 fully saturated rings. The summed E-state index contributed by atoms with van der Waals surface area (Å²) in [5.41, 5.74) is 9.84. The summed E-state index contributed by atoms with van der Waals surface area (Å²) in [4.78, 5) is 17.6. The number of thiophene rings is 1. The maximum Gasteiger partial charge on any atom is 0.171 e. The Morgan fingerprint density at radius 3 is 2.52 bits per heavy atom. The van der Waals surface area contributed by atoms with Gasteiger partial charge < -0.3 is 5.73 Å². The molecule has 0 atom stereocenters. The lowest BCUT2D eigenvalue weighted by molar-refractivity contribution is 0.102. The fraction of sp³-hybridized carbons (Fsp3) is 0.176. The van der Waals surface area contributed by atoms with Gasteiger partial charge in [0.1, 0.15) is 4.83 Å². The van der Waals surface area contributed by atoms with Crippen molar-refractivity contribution in [3.05, 3.63) is 46.8 Å². The number of nitrogens with zero attached hydrogens (tertiary/aromatic N) is 1. The van der Waals surface area contributed by atoms with Crippen LogP contribution in [0.5, 0.6) is 0 Å². The number of fused-ring (bicyclic) bond motifs is 1. The molecule has 2 heterocycles. The standard InChI is InChI=1S/C17H16N2OS/c1-3-11-4-6-12(7-5-11)14-9-8-13-15(18)16(10(2)20)21-17(13)19-14/h4-9H,3,18H2,1-2H3. The van der Waals surface area contributed by atoms with E-state index >= 15 is 0 Å². The van der Waals surface area contributed by atoms with Gasteiger partial charge in [0.25, 0.3) is 0 Å². The number of rotatable bonds is 3. The molecular weight excluding hydrogens is 280 g/mol. The first-order valence-electron chi connectivity index (χ1n) is 6.89. The van der Waals surface area contributed by atoms with Gasteiger partial charge in [0.2, 0.25) is 0 Å². The minimum atomic E-state index is -0.00986. The van der Waals surface area contributed by atoms with E-state index in [0.29, 0.717) is 10.6 Å². The van der Waals surface area contributed by atoms with Gasteiger partial charge in [-0.2, -0.15) is 0 Å². The molecule has 0 saturated heterocycles. The van der Waals surface area contributed by atoms with E-state index in [-0.39, 0.29) is 5.78 Å². The van der Waals surface area contributed by atoms with Crippen molar-refractivity contribution < 1.29 is 4.79 Å². The molecule has 106 valence electrons. The zero-order valence-electron chi connectivity index (χ0n) is 12.0. The van der Waals surface area contributed by atoms with Crippen LogP contribution in [0, 0.1) is 0 Å². The number of nitrogens with two attached hydrogens (primary N) is 1. The average molecular weight is 296 g/mol. The number of Topliss-reactive ketones (excluding diaryl/α,β-unsaturated/α-hetero) is 1. The summed E-state index contributed by atoms with van der Waals surface area (Å²) in [7, 11) is 0. The van der Waals surface area contributed by atoms with Crippen LogP contribution in [0.25, 0.3) is 21.5 Å². The molecule has 0 aliphatic carbocycles. The lowest BCUT2D eigenvalue weighted by atomic mass is 10.1. The Bertz CT molecular complexity index is 819. The fourth-order valence-electron chi connectivity index (χ4n) is 2.33. The van der Waals surface area contributed by atoms with Gasteiger partial charge in [0.05, 0.1) is 16.3 Å². The predicted molar refractivity (Wildman–Crippen MR) is 88.9 cm³/mol. The molecule has 2 aromatic heterocycles. The Balaban J connectivity index is 2.09. The summed E-state index contributed by atoms with van der Waals surface area (Å²) < 4.78 is 0. The van der Waals surface area contributed by atoms with Crippen LogP contribution in [0.15, 0.2) is 36.4 Å². The first-order valence-corrected chi connectivity index (χ1v) is 7.71. The van der Waals surface area contributed by atoms with Crippen molar-refractivity contribution >= 4 is 33.0 Å². The Morgan fingerprint density at radius 2 is 1.90 bits per heavy atom. The van der Waals surface area contributed by atoms with Gasteiger partial charge in [0, 0.05) is 17.9 Å². The molecule has 0 unspecified atom stereocenters. The molecule has 0 amide bonds. The van der Waals surface area contributed by atoms with Crippen LogP contribution >= 0.6 is 11.3 Å². The van der Waals surface area contributed by atoms with E-state index in [1.54, 1.807) is 0 Å². The number of hydrogen-bond donors (Lipinski definition) is 1. The van der Waals surface area contributed by atoms with Crippen LogP contribution in [-0.4, -0.2) is 10.8 Å². The van der Waals surface area contributed by atoms with E-state index in [1.807, 2.05) is 12.1 Å². The molecule has 3 aromatic rings. The predicted octanol–water partition coefficient (Wildman–Crippen LogP) is 4.31. The number of aryl methyl sites for hydroxylation is 1. The van der Waals surface area contributed by atoms with Gasteiger partial charge in [-0.3, -0.25) is 4.79 Å². The van der Waals surface area contributed by atoms with Crippen LogP contribution in [0.1, 0.15) is 29.1 Å². The van der Waals surface area contributed by atoms with E-state index in [1.165, 1.54) is 23.8 Å². The molecule has 0 saturated carbocycles. The van der Waals surface area contributed by atoms with Crippen molar-refractivity contribution in [2.45, 2.75) is 20.3 Å². The lowest BCUT2D eigenvalue weighted by Crippen LogP contribution is -1.93. The third kappa shape index (κ3) is 2.43. The third-order valence-electron chi connectivity index (χ3n) is 3.57. The number of benzene rings is 1. The van der Waals surface area contributed by atoms with Crippen LogP contribution in [0.4, 0.5) is 5.69 Å². The Morgan fingerprint density at radius 1 is 1.19 bits per heavy atom. The van der Waals surface area contributed by atoms with E-state index in [9.17, 15) is 4.79 Å². The van der Waals surface area contributed by atoms with Crippen LogP contribution in [-0.2, 0) is 6.42 Å². The molecule has 0 spiro atoms. The summed E-state index contributed by atoms with van der Waals surface area (Å²) in [5.74, 6) is -0.00986. The van der Waals surface area contributed by atoms with Crippen LogP contribution in [0.2, 0.25) is 0 Å². The van der Waals surface area contributed by atoms with Crippen molar-refractivity contribution in [1.82, 2.24) is 4.98 Å². The van der Waals surface area contributed by atoms with Crippen molar-refractivity contribution in [2.24, 2.45) is 0 Å². The SMILES string of the molecule is CCc1ccc(-c2ccc3c(N)c(C(C)=O)sc3n2)cc1. The van der Waals surface area contributed by atoms with Gasteiger partial charge in [-0.1, -0.05) is 31.2 Å². The first-order chi connectivity index (χ1) is 10.1. The second kappa shape index (κ2) is 5.30. The molecule has 0 bridgehead atoms. The highest BCUT2D eigenvalue weighted by Crippen LogP contribution is 2.34. The number of nitrogen functional groups attached to an aromatic ring is 1. The van der Waals surface area contributed by atoms with Gasteiger partial charge in [0.15, 0.2) is 5.78 Å². The van der Waals surface area contributed by atoms with Crippen molar-refractivity contribution in [3.8, 4) is 11.3 Å². The highest BCUT2D eigenvalue weighted by molar-refractivity contribution is 7.21. The highest BCUT2D eigenvalue weighted by Gasteiger charge is 2.14. The van der Waals surface area contributed by atoms with Crippen molar-refractivity contribution in [3.63, 3.8) is 0 Å². The molecule has 4 heteroatoms. The molecule has 3 nitrogen and oxygen atoms in total. The molecule has 0 radical (unpaired) electrons. The van der Waals surface area contributed by atoms with Gasteiger partial charge in [-0.25, -0.2) is 4.98 Å². The van der Waals surface area contributed by atoms with Gasteiger partial charge >= 0.3 is 0 Å². The minimum Gasteiger partial charge on any atom is -0.397 e. The number of pyridine rings is 1. The maximum absolute atomic E-state index is 11.6. The summed E-state index contributed by atoms with van der Waals surface area (Å²) >= 11 is 1.36. The molecule has 2 N–H and O–H groups in total. The second-order valence-corrected chi connectivity index (χ2v) is 6.00. The van der Waals surface area contributed by atoms with Gasteiger partial charge in [-0.15, -0.1) is 11.3 Å². The number of anilines is 1. The Labute approximate surface area is 127 Å². The van der Waals surface area contributed by atoms with Crippen molar-refractivity contribution in [1.29, 1.82) is 0 Å². The smallest absolute Gasteiger partial charge is 0.171 e. The minimum absolute atomic E-state index is 0.00986. The quantitative estimate of drug-likeness (QED) is 0.733. The number of carbonyl (C=O) groups is 1. The van der Waals surface area contributed by atoms with Gasteiger partial charge in [-0.05, 0) is 24.1 Å². The zero-order valence-corrected chi connectivity index (χ0v) is 12.8. The van der Waals surface area contributed by atoms with E-state index in [2.05, 4.69) is 36.2 Å². The van der Waals surface area contributed by atoms with Crippen LogP contribution in [0.3, 0.4) is 0 Å². The highest BCUT2D eigenvalue weighted by atomic mass is 32.1. The van der Waals surface area contributed by atoms with E-state index < -0.39 is 0 Å². The normalized spacial score (nSPS) is 11.0. The number of hydrogen-bond acceptors (Lipinski definition) is 4. The molecule has 21 heavy (non-hydrogen) atoms. The first kappa shape index (κ1) is 13.8. The number of aromatic nitrogens is 1. The molecule has 0 aliphatic heterocycles. The second-order valence-electron chi connectivity index (χ2n) is 5.00. The number of ketones is 1. The third-order valence-corrected chi connectivity index (χ3v) is 4.79. The monoisotopic (exact) mass is 296 g/mol. The summed E-state index contributed by atoms with van der Waals surface area (Å²) in [6.07, 6.45) is 1.02. The van der Waals surface area contributed by atoms with E-state index in [4.69, 9.17) is 5.73 Å². The molecule has 0 aliphatic rings. The molecule has 3 rings (SSSR count). The zero-order chi connectivity index (χ0) is 15.0. The topological polar surface area (TPSA) is 56.0 Å². The molecule has 1 aromatic carbocycles. The molecular formula is C17H16N2OS. The largest absolute Gasteiger partial charge is 0.397 e. The van der Waals surface area contributed by atoms with Crippen molar-refractivity contribution in [2.75, 3.05) is 5.73 Å². The maximum atomic E-state index is 11.6. The summed E-state index contributed by atoms with van der Waals surface area (Å²) in [5, 5.41) is 0.860. The van der Waals surface area contributed by atoms with E-state index in [0.717, 1.165) is 27.9 Å². The van der Waals surface area contributed by atoms with Crippen LogP contribution < -0.4 is 5.73 Å². The Hall–Kier alpha value is -2.20.